The number of hydrogen-bond donors (Lipinski definition) is 0. The van der Waals surface area contributed by atoms with Gasteiger partial charge in [0, 0.05) is 19.6 Å². The van der Waals surface area contributed by atoms with E-state index in [1.165, 1.54) is 0 Å². The van der Waals surface area contributed by atoms with Gasteiger partial charge in [-0.1, -0.05) is 6.92 Å². The quantitative estimate of drug-likeness (QED) is 0.727. The molecule has 1 fully saturated rings. The smallest absolute Gasteiger partial charge is 0.410 e. The van der Waals surface area contributed by atoms with Gasteiger partial charge in [-0.3, -0.25) is 0 Å². The average molecular weight is 282 g/mol. The summed E-state index contributed by atoms with van der Waals surface area (Å²) in [6, 6.07) is 2.11. The number of nitriles is 1. The van der Waals surface area contributed by atoms with Crippen molar-refractivity contribution >= 4 is 6.09 Å². The Labute approximate surface area is 121 Å². The molecular formula is C15H26N2O3. The minimum absolute atomic E-state index is 0.270. The molecule has 0 radical (unpaired) electrons. The molecule has 0 aromatic rings. The van der Waals surface area contributed by atoms with Crippen molar-refractivity contribution in [3.8, 4) is 6.07 Å². The number of likely N-dealkylation sites (tertiary alicyclic amines) is 1. The molecule has 1 atom stereocenters. The Kier molecular flexibility index (Phi) is 5.82. The van der Waals surface area contributed by atoms with Gasteiger partial charge in [0.2, 0.25) is 0 Å². The zero-order valence-electron chi connectivity index (χ0n) is 13.1. The van der Waals surface area contributed by atoms with Crippen molar-refractivity contribution in [3.05, 3.63) is 0 Å². The van der Waals surface area contributed by atoms with Crippen molar-refractivity contribution < 1.29 is 14.3 Å². The van der Waals surface area contributed by atoms with Crippen molar-refractivity contribution in [1.29, 1.82) is 5.26 Å². The van der Waals surface area contributed by atoms with Gasteiger partial charge in [-0.15, -0.1) is 0 Å². The van der Waals surface area contributed by atoms with Crippen molar-refractivity contribution in [2.75, 3.05) is 19.7 Å². The van der Waals surface area contributed by atoms with Crippen LogP contribution in [-0.2, 0) is 9.47 Å². The summed E-state index contributed by atoms with van der Waals surface area (Å²) in [5, 5.41) is 8.53. The Balaban J connectivity index is 2.50. The van der Waals surface area contributed by atoms with Gasteiger partial charge in [-0.2, -0.15) is 5.26 Å². The number of amides is 1. The molecule has 1 rings (SSSR count). The van der Waals surface area contributed by atoms with Crippen LogP contribution in [0.2, 0.25) is 0 Å². The van der Waals surface area contributed by atoms with E-state index in [-0.39, 0.29) is 11.7 Å². The van der Waals surface area contributed by atoms with Gasteiger partial charge in [-0.25, -0.2) is 4.79 Å². The summed E-state index contributed by atoms with van der Waals surface area (Å²) < 4.78 is 11.3. The van der Waals surface area contributed by atoms with E-state index >= 15 is 0 Å². The molecule has 0 aliphatic carbocycles. The summed E-state index contributed by atoms with van der Waals surface area (Å²) >= 11 is 0. The van der Waals surface area contributed by atoms with Crippen molar-refractivity contribution in [1.82, 2.24) is 4.90 Å². The van der Waals surface area contributed by atoms with E-state index < -0.39 is 5.60 Å². The fraction of sp³-hybridized carbons (Fsp3) is 0.867. The Bertz CT molecular complexity index is 370. The molecule has 1 unspecified atom stereocenters. The largest absolute Gasteiger partial charge is 0.444 e. The molecule has 0 spiro atoms. The number of ether oxygens (including phenoxy) is 2. The Hall–Kier alpha value is -1.28. The zero-order valence-corrected chi connectivity index (χ0v) is 13.1. The molecule has 114 valence electrons. The lowest BCUT2D eigenvalue weighted by atomic mass is 10.00. The third kappa shape index (κ3) is 5.01. The van der Waals surface area contributed by atoms with Crippen LogP contribution in [0.15, 0.2) is 0 Å². The molecular weight excluding hydrogens is 256 g/mol. The number of rotatable bonds is 5. The Morgan fingerprint density at radius 3 is 2.70 bits per heavy atom. The second-order valence-electron chi connectivity index (χ2n) is 6.30. The van der Waals surface area contributed by atoms with Crippen LogP contribution in [0.5, 0.6) is 0 Å². The van der Waals surface area contributed by atoms with Crippen LogP contribution in [0, 0.1) is 11.3 Å². The van der Waals surface area contributed by atoms with Crippen LogP contribution in [0.1, 0.15) is 53.4 Å². The van der Waals surface area contributed by atoms with Crippen LogP contribution >= 0.6 is 0 Å². The second kappa shape index (κ2) is 6.94. The van der Waals surface area contributed by atoms with E-state index in [0.29, 0.717) is 26.1 Å². The SMILES string of the molecule is CCC1(OCCCC#N)CCN(C(=O)OC(C)(C)C)C1. The van der Waals surface area contributed by atoms with Gasteiger partial charge in [-0.05, 0) is 40.0 Å². The van der Waals surface area contributed by atoms with Crippen LogP contribution in [0.3, 0.4) is 0 Å². The molecule has 5 nitrogen and oxygen atoms in total. The molecule has 1 aliphatic rings. The van der Waals surface area contributed by atoms with Gasteiger partial charge in [0.15, 0.2) is 0 Å². The molecule has 1 saturated heterocycles. The summed E-state index contributed by atoms with van der Waals surface area (Å²) in [4.78, 5) is 13.8. The number of carbonyl (C=O) groups is 1. The van der Waals surface area contributed by atoms with Crippen LogP contribution in [0.4, 0.5) is 4.79 Å². The summed E-state index contributed by atoms with van der Waals surface area (Å²) in [5.74, 6) is 0. The summed E-state index contributed by atoms with van der Waals surface area (Å²) in [6.07, 6.45) is 2.67. The lowest BCUT2D eigenvalue weighted by Gasteiger charge is -2.29. The molecule has 1 aliphatic heterocycles. The van der Waals surface area contributed by atoms with Crippen LogP contribution < -0.4 is 0 Å². The highest BCUT2D eigenvalue weighted by molar-refractivity contribution is 5.68. The fourth-order valence-electron chi connectivity index (χ4n) is 2.28. The molecule has 0 bridgehead atoms. The average Bonchev–Trinajstić information content (AvgIpc) is 2.78. The normalized spacial score (nSPS) is 22.6. The number of carbonyl (C=O) groups excluding carboxylic acids is 1. The first-order chi connectivity index (χ1) is 9.32. The lowest BCUT2D eigenvalue weighted by Crippen LogP contribution is -2.40. The zero-order chi connectivity index (χ0) is 15.2. The molecule has 1 heterocycles. The van der Waals surface area contributed by atoms with Crippen molar-refractivity contribution in [2.24, 2.45) is 0 Å². The Morgan fingerprint density at radius 1 is 1.45 bits per heavy atom. The Morgan fingerprint density at radius 2 is 2.15 bits per heavy atom. The highest BCUT2D eigenvalue weighted by atomic mass is 16.6. The van der Waals surface area contributed by atoms with Crippen LogP contribution in [-0.4, -0.2) is 41.9 Å². The predicted molar refractivity (Wildman–Crippen MR) is 76.2 cm³/mol. The standard InChI is InChI=1S/C15H26N2O3/c1-5-15(19-11-7-6-9-16)8-10-17(12-15)13(18)20-14(2,3)4/h5-8,10-12H2,1-4H3. The molecule has 0 aromatic heterocycles. The van der Waals surface area contributed by atoms with Gasteiger partial charge in [0.05, 0.1) is 18.2 Å². The van der Waals surface area contributed by atoms with E-state index in [2.05, 4.69) is 13.0 Å². The maximum Gasteiger partial charge on any atom is 0.410 e. The van der Waals surface area contributed by atoms with Gasteiger partial charge in [0.1, 0.15) is 5.60 Å². The maximum atomic E-state index is 12.0. The fourth-order valence-corrected chi connectivity index (χ4v) is 2.28. The maximum absolute atomic E-state index is 12.0. The number of hydrogen-bond acceptors (Lipinski definition) is 4. The first-order valence-electron chi connectivity index (χ1n) is 7.31. The topological polar surface area (TPSA) is 62.6 Å². The third-order valence-electron chi connectivity index (χ3n) is 3.45. The monoisotopic (exact) mass is 282 g/mol. The molecule has 5 heteroatoms. The van der Waals surface area contributed by atoms with Crippen molar-refractivity contribution in [2.45, 2.75) is 64.6 Å². The first kappa shape index (κ1) is 16.8. The molecule has 1 amide bonds. The molecule has 0 aromatic carbocycles. The second-order valence-corrected chi connectivity index (χ2v) is 6.30. The lowest BCUT2D eigenvalue weighted by molar-refractivity contribution is -0.0430. The van der Waals surface area contributed by atoms with E-state index in [1.807, 2.05) is 20.8 Å². The van der Waals surface area contributed by atoms with Gasteiger partial charge < -0.3 is 14.4 Å². The summed E-state index contributed by atoms with van der Waals surface area (Å²) in [7, 11) is 0. The predicted octanol–water partition coefficient (Wildman–Crippen LogP) is 3.10. The van der Waals surface area contributed by atoms with E-state index in [1.54, 1.807) is 4.90 Å². The highest BCUT2D eigenvalue weighted by Gasteiger charge is 2.40. The summed E-state index contributed by atoms with van der Waals surface area (Å²) in [6.45, 7) is 9.49. The molecule has 0 N–H and O–H groups in total. The first-order valence-corrected chi connectivity index (χ1v) is 7.31. The van der Waals surface area contributed by atoms with E-state index in [9.17, 15) is 4.79 Å². The van der Waals surface area contributed by atoms with E-state index in [0.717, 1.165) is 19.3 Å². The molecule has 0 saturated carbocycles. The molecule has 20 heavy (non-hydrogen) atoms. The minimum atomic E-state index is -0.470. The van der Waals surface area contributed by atoms with Crippen molar-refractivity contribution in [3.63, 3.8) is 0 Å². The van der Waals surface area contributed by atoms with Gasteiger partial charge >= 0.3 is 6.09 Å². The summed E-state index contributed by atoms with van der Waals surface area (Å²) in [5.41, 5.74) is -0.742. The van der Waals surface area contributed by atoms with Crippen LogP contribution in [0.25, 0.3) is 0 Å². The minimum Gasteiger partial charge on any atom is -0.444 e. The number of unbranched alkanes of at least 4 members (excludes halogenated alkanes) is 1. The van der Waals surface area contributed by atoms with Gasteiger partial charge in [0.25, 0.3) is 0 Å². The number of nitrogens with zero attached hydrogens (tertiary/aromatic N) is 2. The highest BCUT2D eigenvalue weighted by Crippen LogP contribution is 2.30. The third-order valence-corrected chi connectivity index (χ3v) is 3.45. The van der Waals surface area contributed by atoms with E-state index in [4.69, 9.17) is 14.7 Å².